The van der Waals surface area contributed by atoms with E-state index in [1.54, 1.807) is 31.6 Å². The molecule has 2 N–H and O–H groups in total. The highest BCUT2D eigenvalue weighted by molar-refractivity contribution is 5.76. The molecule has 4 rings (SSSR count). The molecule has 1 atom stereocenters. The summed E-state index contributed by atoms with van der Waals surface area (Å²) in [6, 6.07) is 19.2. The fraction of sp³-hybridized carbons (Fsp3) is 0.160. The summed E-state index contributed by atoms with van der Waals surface area (Å²) in [4.78, 5) is 29.7. The number of aromatic nitrogens is 4. The second-order valence-corrected chi connectivity index (χ2v) is 7.33. The number of nitrogens with two attached hydrogens (primary N) is 1. The fourth-order valence-electron chi connectivity index (χ4n) is 3.86. The van der Waals surface area contributed by atoms with Gasteiger partial charge in [0.25, 0.3) is 0 Å². The number of amides is 1. The third-order valence-electron chi connectivity index (χ3n) is 5.20. The third-order valence-corrected chi connectivity index (χ3v) is 5.20. The van der Waals surface area contributed by atoms with Crippen LogP contribution in [0.4, 0.5) is 0 Å². The molecule has 0 radical (unpaired) electrons. The summed E-state index contributed by atoms with van der Waals surface area (Å²) in [6.45, 7) is 0. The van der Waals surface area contributed by atoms with E-state index in [0.717, 1.165) is 22.5 Å². The Morgan fingerprint density at radius 1 is 0.844 bits per heavy atom. The summed E-state index contributed by atoms with van der Waals surface area (Å²) in [7, 11) is 1.59. The first-order valence-corrected chi connectivity index (χ1v) is 10.2. The van der Waals surface area contributed by atoms with E-state index in [1.807, 2.05) is 60.9 Å². The van der Waals surface area contributed by atoms with E-state index in [2.05, 4.69) is 9.97 Å². The second kappa shape index (κ2) is 9.78. The van der Waals surface area contributed by atoms with Gasteiger partial charge in [-0.15, -0.1) is 0 Å². The Labute approximate surface area is 186 Å². The molecular weight excluding hydrogens is 402 g/mol. The quantitative estimate of drug-likeness (QED) is 0.465. The van der Waals surface area contributed by atoms with Crippen molar-refractivity contribution < 1.29 is 9.53 Å². The second-order valence-electron chi connectivity index (χ2n) is 7.33. The number of hydrogen-bond acceptors (Lipinski definition) is 6. The molecule has 0 spiro atoms. The van der Waals surface area contributed by atoms with E-state index in [1.165, 1.54) is 0 Å². The third kappa shape index (κ3) is 4.78. The van der Waals surface area contributed by atoms with Crippen LogP contribution in [-0.4, -0.2) is 33.0 Å². The first kappa shape index (κ1) is 21.1. The van der Waals surface area contributed by atoms with E-state index in [-0.39, 0.29) is 18.3 Å². The van der Waals surface area contributed by atoms with Crippen LogP contribution in [0.1, 0.15) is 40.0 Å². The van der Waals surface area contributed by atoms with E-state index in [9.17, 15) is 4.79 Å². The Balaban J connectivity index is 1.93. The van der Waals surface area contributed by atoms with Gasteiger partial charge in [0.2, 0.25) is 11.8 Å². The standard InChI is InChI=1S/C25H23N5O2/c1-32-23-11-3-10-21(30-23)25(20-9-2-8-19(29-20)14-22(26)31)24(17-6-4-12-27-15-17)18-7-5-13-28-16-18/h2-13,15-16,24-25H,14H2,1H3,(H2,26,31). The maximum atomic E-state index is 11.5. The largest absolute Gasteiger partial charge is 0.481 e. The van der Waals surface area contributed by atoms with Crippen molar-refractivity contribution in [2.45, 2.75) is 18.3 Å². The van der Waals surface area contributed by atoms with Gasteiger partial charge in [0.15, 0.2) is 0 Å². The van der Waals surface area contributed by atoms with Gasteiger partial charge in [-0.25, -0.2) is 4.98 Å². The number of pyridine rings is 4. The maximum absolute atomic E-state index is 11.5. The average Bonchev–Trinajstić information content (AvgIpc) is 2.83. The first-order valence-electron chi connectivity index (χ1n) is 10.2. The lowest BCUT2D eigenvalue weighted by Gasteiger charge is -2.27. The molecule has 0 aliphatic carbocycles. The SMILES string of the molecule is COc1cccc(C(c2cccc(CC(N)=O)n2)C(c2cccnc2)c2cccnc2)n1. The van der Waals surface area contributed by atoms with Gasteiger partial charge in [0, 0.05) is 42.5 Å². The lowest BCUT2D eigenvalue weighted by atomic mass is 9.78. The Bertz CT molecular complexity index is 1150. The molecule has 160 valence electrons. The molecule has 0 aliphatic rings. The Hall–Kier alpha value is -4.13. The number of ether oxygens (including phenoxy) is 1. The predicted octanol–water partition coefficient (Wildman–Crippen LogP) is 3.27. The minimum absolute atomic E-state index is 0.0660. The van der Waals surface area contributed by atoms with Crippen LogP contribution in [0.3, 0.4) is 0 Å². The first-order chi connectivity index (χ1) is 15.7. The minimum atomic E-state index is -0.429. The number of carbonyl (C=O) groups is 1. The van der Waals surface area contributed by atoms with Gasteiger partial charge >= 0.3 is 0 Å². The van der Waals surface area contributed by atoms with E-state index in [0.29, 0.717) is 11.6 Å². The van der Waals surface area contributed by atoms with Gasteiger partial charge in [-0.1, -0.05) is 24.3 Å². The molecule has 0 aromatic carbocycles. The Kier molecular flexibility index (Phi) is 6.46. The van der Waals surface area contributed by atoms with Crippen molar-refractivity contribution in [2.24, 2.45) is 5.73 Å². The van der Waals surface area contributed by atoms with Crippen molar-refractivity contribution in [3.8, 4) is 5.88 Å². The van der Waals surface area contributed by atoms with Crippen LogP contribution in [0.2, 0.25) is 0 Å². The van der Waals surface area contributed by atoms with Crippen LogP contribution >= 0.6 is 0 Å². The molecule has 0 saturated carbocycles. The molecular formula is C25H23N5O2. The lowest BCUT2D eigenvalue weighted by molar-refractivity contribution is -0.117. The topological polar surface area (TPSA) is 104 Å². The van der Waals surface area contributed by atoms with E-state index in [4.69, 9.17) is 20.4 Å². The highest BCUT2D eigenvalue weighted by Gasteiger charge is 2.31. The van der Waals surface area contributed by atoms with Crippen LogP contribution in [0.15, 0.2) is 85.5 Å². The number of carbonyl (C=O) groups excluding carboxylic acids is 1. The zero-order chi connectivity index (χ0) is 22.3. The van der Waals surface area contributed by atoms with Gasteiger partial charge in [0.1, 0.15) is 0 Å². The van der Waals surface area contributed by atoms with Crippen molar-refractivity contribution in [3.63, 3.8) is 0 Å². The predicted molar refractivity (Wildman–Crippen MR) is 120 cm³/mol. The molecule has 7 heteroatoms. The maximum Gasteiger partial charge on any atom is 0.223 e. The van der Waals surface area contributed by atoms with Gasteiger partial charge in [-0.2, -0.15) is 0 Å². The number of nitrogens with zero attached hydrogens (tertiary/aromatic N) is 4. The zero-order valence-electron chi connectivity index (χ0n) is 17.6. The molecule has 0 bridgehead atoms. The molecule has 1 unspecified atom stereocenters. The lowest BCUT2D eigenvalue weighted by Crippen LogP contribution is -2.19. The fourth-order valence-corrected chi connectivity index (χ4v) is 3.86. The summed E-state index contributed by atoms with van der Waals surface area (Å²) >= 11 is 0. The summed E-state index contributed by atoms with van der Waals surface area (Å²) < 4.78 is 5.39. The number of hydrogen-bond donors (Lipinski definition) is 1. The molecule has 7 nitrogen and oxygen atoms in total. The molecule has 0 aliphatic heterocycles. The molecule has 4 aromatic rings. The van der Waals surface area contributed by atoms with Crippen molar-refractivity contribution in [2.75, 3.05) is 7.11 Å². The van der Waals surface area contributed by atoms with Crippen LogP contribution < -0.4 is 10.5 Å². The molecule has 0 saturated heterocycles. The molecule has 4 aromatic heterocycles. The van der Waals surface area contributed by atoms with Crippen LogP contribution in [0, 0.1) is 0 Å². The molecule has 4 heterocycles. The van der Waals surface area contributed by atoms with Gasteiger partial charge in [0.05, 0.1) is 30.8 Å². The van der Waals surface area contributed by atoms with Crippen molar-refractivity contribution >= 4 is 5.91 Å². The minimum Gasteiger partial charge on any atom is -0.481 e. The van der Waals surface area contributed by atoms with E-state index >= 15 is 0 Å². The Morgan fingerprint density at radius 3 is 2.03 bits per heavy atom. The smallest absolute Gasteiger partial charge is 0.223 e. The summed E-state index contributed by atoms with van der Waals surface area (Å²) in [5.74, 6) is -0.377. The number of primary amides is 1. The van der Waals surface area contributed by atoms with Crippen molar-refractivity contribution in [3.05, 3.63) is 114 Å². The van der Waals surface area contributed by atoms with Crippen LogP contribution in [0.25, 0.3) is 0 Å². The number of rotatable bonds is 8. The summed E-state index contributed by atoms with van der Waals surface area (Å²) in [5.41, 5.74) is 9.57. The summed E-state index contributed by atoms with van der Waals surface area (Å²) in [5, 5.41) is 0. The van der Waals surface area contributed by atoms with E-state index < -0.39 is 5.91 Å². The monoisotopic (exact) mass is 425 g/mol. The van der Waals surface area contributed by atoms with Crippen LogP contribution in [0.5, 0.6) is 5.88 Å². The molecule has 0 fully saturated rings. The number of methoxy groups -OCH3 is 1. The molecule has 32 heavy (non-hydrogen) atoms. The van der Waals surface area contributed by atoms with Crippen molar-refractivity contribution in [1.82, 2.24) is 19.9 Å². The normalized spacial score (nSPS) is 11.8. The van der Waals surface area contributed by atoms with Crippen molar-refractivity contribution in [1.29, 1.82) is 0 Å². The average molecular weight is 425 g/mol. The van der Waals surface area contributed by atoms with Gasteiger partial charge < -0.3 is 10.5 Å². The zero-order valence-corrected chi connectivity index (χ0v) is 17.6. The van der Waals surface area contributed by atoms with Crippen LogP contribution in [-0.2, 0) is 11.2 Å². The van der Waals surface area contributed by atoms with Gasteiger partial charge in [-0.05, 0) is 41.5 Å². The highest BCUT2D eigenvalue weighted by Crippen LogP contribution is 2.41. The highest BCUT2D eigenvalue weighted by atomic mass is 16.5. The molecule has 1 amide bonds. The Morgan fingerprint density at radius 2 is 1.47 bits per heavy atom. The van der Waals surface area contributed by atoms with Gasteiger partial charge in [-0.3, -0.25) is 19.7 Å². The summed E-state index contributed by atoms with van der Waals surface area (Å²) in [6.07, 6.45) is 7.25.